The summed E-state index contributed by atoms with van der Waals surface area (Å²) in [5, 5.41) is 6.21. The van der Waals surface area contributed by atoms with Crippen molar-refractivity contribution >= 4 is 17.3 Å². The van der Waals surface area contributed by atoms with Crippen molar-refractivity contribution in [2.75, 3.05) is 17.7 Å². The van der Waals surface area contributed by atoms with Crippen molar-refractivity contribution < 1.29 is 0 Å². The highest BCUT2D eigenvalue weighted by Gasteiger charge is 2.02. The van der Waals surface area contributed by atoms with E-state index in [0.717, 1.165) is 22.9 Å². The van der Waals surface area contributed by atoms with Crippen molar-refractivity contribution in [3.05, 3.63) is 60.9 Å². The number of rotatable bonds is 4. The summed E-state index contributed by atoms with van der Waals surface area (Å²) >= 11 is 0. The number of aromatic nitrogens is 3. The molecule has 0 bridgehead atoms. The fraction of sp³-hybridized carbons (Fsp3) is 0.0625. The molecular weight excluding hydrogens is 262 g/mol. The smallest absolute Gasteiger partial charge is 0.161 e. The van der Waals surface area contributed by atoms with Crippen LogP contribution < -0.4 is 10.6 Å². The molecule has 5 heteroatoms. The maximum Gasteiger partial charge on any atom is 0.161 e. The van der Waals surface area contributed by atoms with E-state index in [4.69, 9.17) is 0 Å². The number of hydrogen-bond acceptors (Lipinski definition) is 5. The zero-order valence-corrected chi connectivity index (χ0v) is 11.6. The fourth-order valence-electron chi connectivity index (χ4n) is 1.92. The molecule has 2 aromatic heterocycles. The van der Waals surface area contributed by atoms with Crippen LogP contribution in [0.3, 0.4) is 0 Å². The van der Waals surface area contributed by atoms with E-state index in [0.29, 0.717) is 5.82 Å². The van der Waals surface area contributed by atoms with Crippen molar-refractivity contribution in [2.45, 2.75) is 0 Å². The molecule has 104 valence electrons. The van der Waals surface area contributed by atoms with Crippen LogP contribution in [-0.4, -0.2) is 22.0 Å². The molecule has 0 saturated carbocycles. The van der Waals surface area contributed by atoms with Gasteiger partial charge >= 0.3 is 0 Å². The van der Waals surface area contributed by atoms with Crippen LogP contribution in [0.2, 0.25) is 0 Å². The third-order valence-electron chi connectivity index (χ3n) is 2.98. The van der Waals surface area contributed by atoms with Crippen LogP contribution in [0.25, 0.3) is 11.4 Å². The summed E-state index contributed by atoms with van der Waals surface area (Å²) in [7, 11) is 1.84. The van der Waals surface area contributed by atoms with Gasteiger partial charge in [0.05, 0.1) is 11.9 Å². The summed E-state index contributed by atoms with van der Waals surface area (Å²) in [5.41, 5.74) is 1.87. The fourth-order valence-corrected chi connectivity index (χ4v) is 1.92. The average Bonchev–Trinajstić information content (AvgIpc) is 2.57. The number of hydrogen-bond donors (Lipinski definition) is 2. The quantitative estimate of drug-likeness (QED) is 0.766. The zero-order valence-electron chi connectivity index (χ0n) is 11.6. The molecule has 0 atom stereocenters. The molecule has 0 aliphatic rings. The summed E-state index contributed by atoms with van der Waals surface area (Å²) in [6.45, 7) is 0. The SMILES string of the molecule is CNc1ccc(Nc2ccnc(-c3ccccc3)n2)cn1. The number of anilines is 3. The van der Waals surface area contributed by atoms with E-state index in [1.54, 1.807) is 12.4 Å². The Morgan fingerprint density at radius 3 is 2.43 bits per heavy atom. The number of nitrogens with zero attached hydrogens (tertiary/aromatic N) is 3. The van der Waals surface area contributed by atoms with Crippen LogP contribution in [-0.2, 0) is 0 Å². The van der Waals surface area contributed by atoms with Crippen LogP contribution in [0, 0.1) is 0 Å². The Labute approximate surface area is 123 Å². The third-order valence-corrected chi connectivity index (χ3v) is 2.98. The van der Waals surface area contributed by atoms with Crippen molar-refractivity contribution in [1.82, 2.24) is 15.0 Å². The van der Waals surface area contributed by atoms with Gasteiger partial charge in [0.1, 0.15) is 11.6 Å². The Morgan fingerprint density at radius 2 is 1.71 bits per heavy atom. The lowest BCUT2D eigenvalue weighted by atomic mass is 10.2. The van der Waals surface area contributed by atoms with Gasteiger partial charge in [0.2, 0.25) is 0 Å². The highest BCUT2D eigenvalue weighted by atomic mass is 15.0. The normalized spacial score (nSPS) is 10.1. The highest BCUT2D eigenvalue weighted by Crippen LogP contribution is 2.18. The minimum Gasteiger partial charge on any atom is -0.373 e. The maximum absolute atomic E-state index is 4.52. The summed E-state index contributed by atoms with van der Waals surface area (Å²) in [4.78, 5) is 13.1. The van der Waals surface area contributed by atoms with Crippen LogP contribution in [0.5, 0.6) is 0 Å². The van der Waals surface area contributed by atoms with E-state index < -0.39 is 0 Å². The van der Waals surface area contributed by atoms with Gasteiger partial charge in [0.15, 0.2) is 5.82 Å². The molecular formula is C16H15N5. The molecule has 0 unspecified atom stereocenters. The molecule has 2 heterocycles. The summed E-state index contributed by atoms with van der Waals surface area (Å²) < 4.78 is 0. The Morgan fingerprint density at radius 1 is 0.857 bits per heavy atom. The van der Waals surface area contributed by atoms with Crippen LogP contribution in [0.15, 0.2) is 60.9 Å². The molecule has 1 aromatic carbocycles. The lowest BCUT2D eigenvalue weighted by molar-refractivity contribution is 1.17. The lowest BCUT2D eigenvalue weighted by Crippen LogP contribution is -1.98. The van der Waals surface area contributed by atoms with Gasteiger partial charge in [0, 0.05) is 18.8 Å². The van der Waals surface area contributed by atoms with Gasteiger partial charge < -0.3 is 10.6 Å². The van der Waals surface area contributed by atoms with Gasteiger partial charge in [-0.2, -0.15) is 0 Å². The van der Waals surface area contributed by atoms with Crippen LogP contribution in [0.4, 0.5) is 17.3 Å². The lowest BCUT2D eigenvalue weighted by Gasteiger charge is -2.07. The van der Waals surface area contributed by atoms with Crippen molar-refractivity contribution in [3.63, 3.8) is 0 Å². The van der Waals surface area contributed by atoms with Crippen LogP contribution >= 0.6 is 0 Å². The van der Waals surface area contributed by atoms with E-state index >= 15 is 0 Å². The van der Waals surface area contributed by atoms with E-state index in [1.165, 1.54) is 0 Å². The first-order chi connectivity index (χ1) is 10.3. The minimum atomic E-state index is 0.695. The third kappa shape index (κ3) is 3.14. The van der Waals surface area contributed by atoms with Crippen molar-refractivity contribution in [2.24, 2.45) is 0 Å². The first kappa shape index (κ1) is 13.1. The van der Waals surface area contributed by atoms with Gasteiger partial charge in [-0.15, -0.1) is 0 Å². The Kier molecular flexibility index (Phi) is 3.73. The zero-order chi connectivity index (χ0) is 14.5. The molecule has 0 radical (unpaired) electrons. The van der Waals surface area contributed by atoms with Gasteiger partial charge in [-0.25, -0.2) is 15.0 Å². The van der Waals surface area contributed by atoms with Gasteiger partial charge in [-0.3, -0.25) is 0 Å². The molecule has 21 heavy (non-hydrogen) atoms. The van der Waals surface area contributed by atoms with Gasteiger partial charge in [-0.05, 0) is 18.2 Å². The standard InChI is InChI=1S/C16H15N5/c1-17-14-8-7-13(11-19-14)20-15-9-10-18-16(21-15)12-5-3-2-4-6-12/h2-11H,1H3,(H,17,19)(H,18,20,21). The molecule has 0 amide bonds. The Hall–Kier alpha value is -2.95. The Balaban J connectivity index is 1.83. The van der Waals surface area contributed by atoms with E-state index in [9.17, 15) is 0 Å². The largest absolute Gasteiger partial charge is 0.373 e. The predicted molar refractivity (Wildman–Crippen MR) is 84.5 cm³/mol. The molecule has 5 nitrogen and oxygen atoms in total. The maximum atomic E-state index is 4.52. The first-order valence-electron chi connectivity index (χ1n) is 6.64. The molecule has 0 aliphatic carbocycles. The average molecular weight is 277 g/mol. The summed E-state index contributed by atoms with van der Waals surface area (Å²) in [6, 6.07) is 15.6. The van der Waals surface area contributed by atoms with Gasteiger partial charge in [-0.1, -0.05) is 30.3 Å². The summed E-state index contributed by atoms with van der Waals surface area (Å²) in [6.07, 6.45) is 3.50. The second kappa shape index (κ2) is 6.00. The number of nitrogens with one attached hydrogen (secondary N) is 2. The minimum absolute atomic E-state index is 0.695. The predicted octanol–water partition coefficient (Wildman–Crippen LogP) is 3.32. The van der Waals surface area contributed by atoms with Crippen LogP contribution in [0.1, 0.15) is 0 Å². The molecule has 3 aromatic rings. The molecule has 2 N–H and O–H groups in total. The first-order valence-corrected chi connectivity index (χ1v) is 6.64. The number of pyridine rings is 1. The van der Waals surface area contributed by atoms with Gasteiger partial charge in [0.25, 0.3) is 0 Å². The topological polar surface area (TPSA) is 62.7 Å². The molecule has 0 fully saturated rings. The van der Waals surface area contributed by atoms with E-state index in [1.807, 2.05) is 55.6 Å². The van der Waals surface area contributed by atoms with Crippen molar-refractivity contribution in [3.8, 4) is 11.4 Å². The second-order valence-corrected chi connectivity index (χ2v) is 4.44. The highest BCUT2D eigenvalue weighted by molar-refractivity contribution is 5.61. The second-order valence-electron chi connectivity index (χ2n) is 4.44. The molecule has 0 spiro atoms. The molecule has 3 rings (SSSR count). The van der Waals surface area contributed by atoms with E-state index in [2.05, 4.69) is 25.6 Å². The molecule has 0 saturated heterocycles. The van der Waals surface area contributed by atoms with E-state index in [-0.39, 0.29) is 0 Å². The summed E-state index contributed by atoms with van der Waals surface area (Å²) in [5.74, 6) is 2.26. The Bertz CT molecular complexity index is 710. The number of benzene rings is 1. The molecule has 0 aliphatic heterocycles. The monoisotopic (exact) mass is 277 g/mol. The van der Waals surface area contributed by atoms with Crippen molar-refractivity contribution in [1.29, 1.82) is 0 Å².